The van der Waals surface area contributed by atoms with E-state index in [4.69, 9.17) is 0 Å². The lowest BCUT2D eigenvalue weighted by Gasteiger charge is -2.20. The highest BCUT2D eigenvalue weighted by Gasteiger charge is 2.21. The van der Waals surface area contributed by atoms with E-state index in [1.807, 2.05) is 12.2 Å². The van der Waals surface area contributed by atoms with E-state index >= 15 is 0 Å². The summed E-state index contributed by atoms with van der Waals surface area (Å²) in [6.45, 7) is 6.46. The first kappa shape index (κ1) is 40.3. The molecule has 42 heavy (non-hydrogen) atoms. The topological polar surface area (TPSA) is 89.8 Å². The molecule has 4 atom stereocenters. The predicted octanol–water partition coefficient (Wildman–Crippen LogP) is 8.89. The molecule has 244 valence electrons. The number of carbonyl (C=O) groups is 1. The van der Waals surface area contributed by atoms with Gasteiger partial charge in [-0.3, -0.25) is 4.79 Å². The van der Waals surface area contributed by atoms with Crippen LogP contribution in [0.15, 0.2) is 48.6 Å². The highest BCUT2D eigenvalue weighted by Crippen LogP contribution is 2.16. The van der Waals surface area contributed by atoms with Gasteiger partial charge in [-0.25, -0.2) is 0 Å². The number of aliphatic hydroxyl groups is 3. The van der Waals surface area contributed by atoms with Crippen LogP contribution >= 0.6 is 0 Å². The van der Waals surface area contributed by atoms with Gasteiger partial charge in [0.25, 0.3) is 5.91 Å². The predicted molar refractivity (Wildman–Crippen MR) is 180 cm³/mol. The lowest BCUT2D eigenvalue weighted by molar-refractivity contribution is -0.128. The second kappa shape index (κ2) is 30.8. The minimum atomic E-state index is -1.29. The van der Waals surface area contributed by atoms with Crippen molar-refractivity contribution in [2.45, 2.75) is 167 Å². The Hall–Kier alpha value is -1.69. The van der Waals surface area contributed by atoms with Crippen molar-refractivity contribution in [3.8, 4) is 0 Å². The summed E-state index contributed by atoms with van der Waals surface area (Å²) in [6, 6.07) is -0.854. The van der Waals surface area contributed by atoms with Crippen molar-refractivity contribution in [3.63, 3.8) is 0 Å². The summed E-state index contributed by atoms with van der Waals surface area (Å²) in [7, 11) is 0. The smallest absolute Gasteiger partial charge is 0.253 e. The minimum absolute atomic E-state index is 0.408. The first-order valence-corrected chi connectivity index (χ1v) is 17.4. The third-order valence-electron chi connectivity index (χ3n) is 7.81. The van der Waals surface area contributed by atoms with E-state index in [1.54, 1.807) is 6.08 Å². The zero-order valence-corrected chi connectivity index (χ0v) is 27.5. The van der Waals surface area contributed by atoms with Crippen LogP contribution in [-0.4, -0.2) is 46.1 Å². The van der Waals surface area contributed by atoms with E-state index < -0.39 is 30.8 Å². The molecule has 4 N–H and O–H groups in total. The number of rotatable bonds is 29. The molecule has 0 aromatic heterocycles. The van der Waals surface area contributed by atoms with Crippen LogP contribution in [0.1, 0.15) is 149 Å². The Balaban J connectivity index is 3.96. The van der Waals surface area contributed by atoms with Gasteiger partial charge in [-0.1, -0.05) is 159 Å². The van der Waals surface area contributed by atoms with Crippen molar-refractivity contribution >= 4 is 5.91 Å². The van der Waals surface area contributed by atoms with E-state index in [1.165, 1.54) is 96.0 Å². The fourth-order valence-corrected chi connectivity index (χ4v) is 5.05. The maximum Gasteiger partial charge on any atom is 0.253 e. The van der Waals surface area contributed by atoms with Gasteiger partial charge in [-0.2, -0.15) is 0 Å². The molecule has 0 aromatic rings. The molecule has 1 amide bonds. The van der Waals surface area contributed by atoms with E-state index in [9.17, 15) is 20.1 Å². The van der Waals surface area contributed by atoms with Gasteiger partial charge in [0.1, 0.15) is 0 Å². The van der Waals surface area contributed by atoms with Gasteiger partial charge < -0.3 is 20.6 Å². The van der Waals surface area contributed by atoms with Gasteiger partial charge in [0.05, 0.1) is 18.8 Å². The van der Waals surface area contributed by atoms with Crippen LogP contribution in [0.4, 0.5) is 0 Å². The van der Waals surface area contributed by atoms with Crippen LogP contribution in [-0.2, 0) is 4.79 Å². The first-order chi connectivity index (χ1) is 20.5. The van der Waals surface area contributed by atoms with Crippen LogP contribution in [0, 0.1) is 5.92 Å². The van der Waals surface area contributed by atoms with Crippen LogP contribution in [0.5, 0.6) is 0 Å². The molecule has 0 aliphatic heterocycles. The minimum Gasteiger partial charge on any atom is -0.394 e. The van der Waals surface area contributed by atoms with Gasteiger partial charge in [-0.05, 0) is 44.4 Å². The van der Waals surface area contributed by atoms with Crippen LogP contribution < -0.4 is 5.32 Å². The first-order valence-electron chi connectivity index (χ1n) is 17.4. The number of allylic oxidation sites excluding steroid dienone is 6. The largest absolute Gasteiger partial charge is 0.394 e. The fraction of sp³-hybridized carbons (Fsp3) is 0.757. The van der Waals surface area contributed by atoms with E-state index in [2.05, 4.69) is 50.4 Å². The SMILES string of the molecule is CCCCCCC/C=C/C=C/CC/C=C/C(O)C(CO)NC(=O)C(O)/C=C/CCCCCCCCCC[C@H](C)CCC. The van der Waals surface area contributed by atoms with Crippen LogP contribution in [0.3, 0.4) is 0 Å². The zero-order valence-electron chi connectivity index (χ0n) is 27.5. The lowest BCUT2D eigenvalue weighted by atomic mass is 9.98. The molecule has 5 heteroatoms. The van der Waals surface area contributed by atoms with Crippen LogP contribution in [0.25, 0.3) is 0 Å². The molecule has 0 saturated heterocycles. The number of unbranched alkanes of at least 4 members (excludes halogenated alkanes) is 14. The second-order valence-corrected chi connectivity index (χ2v) is 12.0. The quantitative estimate of drug-likeness (QED) is 0.0398. The van der Waals surface area contributed by atoms with Crippen LogP contribution in [0.2, 0.25) is 0 Å². The Morgan fingerprint density at radius 3 is 1.79 bits per heavy atom. The van der Waals surface area contributed by atoms with E-state index in [0.717, 1.165) is 44.4 Å². The summed E-state index contributed by atoms with van der Waals surface area (Å²) < 4.78 is 0. The Kier molecular flexibility index (Phi) is 29.5. The molecule has 0 aliphatic carbocycles. The second-order valence-electron chi connectivity index (χ2n) is 12.0. The molecule has 5 nitrogen and oxygen atoms in total. The lowest BCUT2D eigenvalue weighted by Crippen LogP contribution is -2.48. The Morgan fingerprint density at radius 1 is 0.643 bits per heavy atom. The molecule has 0 saturated carbocycles. The third-order valence-corrected chi connectivity index (χ3v) is 7.81. The van der Waals surface area contributed by atoms with Gasteiger partial charge in [0.2, 0.25) is 0 Å². The Bertz CT molecular complexity index is 715. The van der Waals surface area contributed by atoms with Crippen molar-refractivity contribution in [2.75, 3.05) is 6.61 Å². The highest BCUT2D eigenvalue weighted by molar-refractivity contribution is 5.82. The van der Waals surface area contributed by atoms with Gasteiger partial charge in [0, 0.05) is 0 Å². The van der Waals surface area contributed by atoms with Crippen molar-refractivity contribution < 1.29 is 20.1 Å². The average molecular weight is 590 g/mol. The molecule has 0 rings (SSSR count). The summed E-state index contributed by atoms with van der Waals surface area (Å²) in [5.74, 6) is 0.268. The normalized spacial score (nSPS) is 15.3. The Morgan fingerprint density at radius 2 is 1.17 bits per heavy atom. The number of hydrogen-bond donors (Lipinski definition) is 4. The fourth-order valence-electron chi connectivity index (χ4n) is 5.05. The van der Waals surface area contributed by atoms with E-state index in [-0.39, 0.29) is 0 Å². The summed E-state index contributed by atoms with van der Waals surface area (Å²) in [5, 5.41) is 32.7. The molecular formula is C37H67NO4. The maximum atomic E-state index is 12.3. The summed E-state index contributed by atoms with van der Waals surface area (Å²) in [5.41, 5.74) is 0. The molecule has 0 aliphatic rings. The summed E-state index contributed by atoms with van der Waals surface area (Å²) in [4.78, 5) is 12.3. The number of nitrogens with one attached hydrogen (secondary N) is 1. The van der Waals surface area contributed by atoms with Crippen molar-refractivity contribution in [2.24, 2.45) is 5.92 Å². The Labute approximate surface area is 259 Å². The third kappa shape index (κ3) is 26.0. The number of hydrogen-bond acceptors (Lipinski definition) is 4. The molecule has 0 bridgehead atoms. The standard InChI is InChI=1S/C37H67NO4/c1-4-6-7-8-9-10-11-12-13-17-20-23-26-30-35(40)34(32-39)38-37(42)36(41)31-27-24-21-18-15-14-16-19-22-25-29-33(3)28-5-2/h11-13,17,26-27,30-31,33-36,39-41H,4-10,14-16,18-25,28-29,32H2,1-3H3,(H,38,42)/b12-11+,17-13+,30-26+,31-27+/t33-,34?,35?,36?/m1/s1. The number of amides is 1. The molecule has 0 heterocycles. The summed E-state index contributed by atoms with van der Waals surface area (Å²) >= 11 is 0. The highest BCUT2D eigenvalue weighted by atomic mass is 16.3. The van der Waals surface area contributed by atoms with Gasteiger partial charge >= 0.3 is 0 Å². The monoisotopic (exact) mass is 590 g/mol. The maximum absolute atomic E-state index is 12.3. The average Bonchev–Trinajstić information content (AvgIpc) is 2.98. The zero-order chi connectivity index (χ0) is 31.1. The number of carbonyl (C=O) groups excluding carboxylic acids is 1. The molecule has 3 unspecified atom stereocenters. The van der Waals surface area contributed by atoms with E-state index in [0.29, 0.717) is 0 Å². The molecule has 0 aromatic carbocycles. The molecule has 0 fully saturated rings. The van der Waals surface area contributed by atoms with Crippen molar-refractivity contribution in [3.05, 3.63) is 48.6 Å². The molecule has 0 radical (unpaired) electrons. The molecule has 0 spiro atoms. The number of aliphatic hydroxyl groups excluding tert-OH is 3. The van der Waals surface area contributed by atoms with Crippen molar-refractivity contribution in [1.82, 2.24) is 5.32 Å². The van der Waals surface area contributed by atoms with Crippen molar-refractivity contribution in [1.29, 1.82) is 0 Å². The summed E-state index contributed by atoms with van der Waals surface area (Å²) in [6.07, 6.45) is 37.1. The molecular weight excluding hydrogens is 522 g/mol. The van der Waals surface area contributed by atoms with Gasteiger partial charge in [0.15, 0.2) is 6.10 Å². The van der Waals surface area contributed by atoms with Gasteiger partial charge in [-0.15, -0.1) is 0 Å².